The minimum absolute atomic E-state index is 0.107. The first-order chi connectivity index (χ1) is 12.8. The van der Waals surface area contributed by atoms with E-state index in [1.165, 1.54) is 12.4 Å². The van der Waals surface area contributed by atoms with E-state index in [1.54, 1.807) is 0 Å². The molecule has 0 bridgehead atoms. The Hall–Kier alpha value is -2.87. The largest absolute Gasteiger partial charge is 0.486 e. The molecule has 2 aromatic rings. The van der Waals surface area contributed by atoms with E-state index >= 15 is 0 Å². The van der Waals surface area contributed by atoms with Crippen molar-refractivity contribution in [3.05, 3.63) is 36.2 Å². The highest BCUT2D eigenvalue weighted by molar-refractivity contribution is 5.93. The lowest BCUT2D eigenvalue weighted by Gasteiger charge is -2.19. The molecule has 2 aliphatic heterocycles. The number of ether oxygens (including phenoxy) is 3. The standard InChI is InChI=1S/C18H20N4O4/c23-17(19-11-14-2-1-5-24-14)12-9-20-18(21-10-12)22-13-3-4-15-16(8-13)26-7-6-25-15/h3-4,8-10,14H,1-2,5-7,11H2,(H,19,23)(H,20,21,22). The van der Waals surface area contributed by atoms with Crippen molar-refractivity contribution in [3.63, 3.8) is 0 Å². The maximum absolute atomic E-state index is 12.1. The summed E-state index contributed by atoms with van der Waals surface area (Å²) >= 11 is 0. The molecule has 0 saturated carbocycles. The summed E-state index contributed by atoms with van der Waals surface area (Å²) in [5, 5.41) is 5.94. The third-order valence-corrected chi connectivity index (χ3v) is 4.23. The topological polar surface area (TPSA) is 94.6 Å². The van der Waals surface area contributed by atoms with Crippen LogP contribution >= 0.6 is 0 Å². The number of amides is 1. The van der Waals surface area contributed by atoms with Crippen LogP contribution in [0.5, 0.6) is 11.5 Å². The van der Waals surface area contributed by atoms with Gasteiger partial charge in [0.2, 0.25) is 5.95 Å². The van der Waals surface area contributed by atoms with Gasteiger partial charge in [0.25, 0.3) is 5.91 Å². The van der Waals surface area contributed by atoms with Gasteiger partial charge in [-0.3, -0.25) is 4.79 Å². The van der Waals surface area contributed by atoms with E-state index in [1.807, 2.05) is 18.2 Å². The predicted molar refractivity (Wildman–Crippen MR) is 94.1 cm³/mol. The summed E-state index contributed by atoms with van der Waals surface area (Å²) in [6.07, 6.45) is 5.13. The minimum Gasteiger partial charge on any atom is -0.486 e. The molecule has 26 heavy (non-hydrogen) atoms. The Bertz CT molecular complexity index is 775. The van der Waals surface area contributed by atoms with Gasteiger partial charge in [0.1, 0.15) is 13.2 Å². The molecule has 8 nitrogen and oxygen atoms in total. The Labute approximate surface area is 150 Å². The molecule has 1 amide bonds. The van der Waals surface area contributed by atoms with E-state index in [0.717, 1.165) is 30.9 Å². The Morgan fingerprint density at radius 3 is 2.69 bits per heavy atom. The van der Waals surface area contributed by atoms with E-state index in [4.69, 9.17) is 14.2 Å². The number of benzene rings is 1. The molecule has 1 atom stereocenters. The summed E-state index contributed by atoms with van der Waals surface area (Å²) in [6.45, 7) is 2.36. The maximum Gasteiger partial charge on any atom is 0.254 e. The number of nitrogens with zero attached hydrogens (tertiary/aromatic N) is 2. The molecule has 3 heterocycles. The molecule has 1 saturated heterocycles. The maximum atomic E-state index is 12.1. The first kappa shape index (κ1) is 16.6. The van der Waals surface area contributed by atoms with Crippen molar-refractivity contribution >= 4 is 17.5 Å². The molecule has 1 aromatic heterocycles. The lowest BCUT2D eigenvalue weighted by molar-refractivity contribution is 0.0857. The fraction of sp³-hybridized carbons (Fsp3) is 0.389. The fourth-order valence-electron chi connectivity index (χ4n) is 2.87. The quantitative estimate of drug-likeness (QED) is 0.845. The molecule has 4 rings (SSSR count). The molecule has 0 radical (unpaired) electrons. The second kappa shape index (κ2) is 7.57. The van der Waals surface area contributed by atoms with Gasteiger partial charge in [0.05, 0.1) is 11.7 Å². The van der Waals surface area contributed by atoms with Crippen LogP contribution in [0.2, 0.25) is 0 Å². The van der Waals surface area contributed by atoms with Gasteiger partial charge in [-0.25, -0.2) is 9.97 Å². The average molecular weight is 356 g/mol. The number of fused-ring (bicyclic) bond motifs is 1. The Kier molecular flexibility index (Phi) is 4.83. The Balaban J connectivity index is 1.35. The second-order valence-electron chi connectivity index (χ2n) is 6.12. The number of nitrogens with one attached hydrogen (secondary N) is 2. The SMILES string of the molecule is O=C(NCC1CCCO1)c1cnc(Nc2ccc3c(c2)OCCO3)nc1. The number of aromatic nitrogens is 2. The molecule has 0 aliphatic carbocycles. The molecule has 1 unspecified atom stereocenters. The van der Waals surface area contributed by atoms with E-state index in [0.29, 0.717) is 37.0 Å². The third-order valence-electron chi connectivity index (χ3n) is 4.23. The number of carbonyl (C=O) groups excluding carboxylic acids is 1. The Morgan fingerprint density at radius 2 is 1.92 bits per heavy atom. The molecule has 1 aromatic carbocycles. The van der Waals surface area contributed by atoms with Crippen LogP contribution in [0.15, 0.2) is 30.6 Å². The van der Waals surface area contributed by atoms with E-state index in [9.17, 15) is 4.79 Å². The minimum atomic E-state index is -0.202. The summed E-state index contributed by atoms with van der Waals surface area (Å²) in [7, 11) is 0. The second-order valence-corrected chi connectivity index (χ2v) is 6.12. The predicted octanol–water partition coefficient (Wildman–Crippen LogP) is 1.90. The van der Waals surface area contributed by atoms with E-state index in [2.05, 4.69) is 20.6 Å². The molecule has 136 valence electrons. The van der Waals surface area contributed by atoms with E-state index in [-0.39, 0.29) is 12.0 Å². The lowest BCUT2D eigenvalue weighted by Crippen LogP contribution is -2.31. The van der Waals surface area contributed by atoms with Crippen molar-refractivity contribution in [2.75, 3.05) is 31.7 Å². The van der Waals surface area contributed by atoms with Gasteiger partial charge in [-0.15, -0.1) is 0 Å². The molecular weight excluding hydrogens is 336 g/mol. The van der Waals surface area contributed by atoms with Gasteiger partial charge in [0.15, 0.2) is 11.5 Å². The number of carbonyl (C=O) groups is 1. The normalized spacial score (nSPS) is 18.4. The van der Waals surface area contributed by atoms with Crippen LogP contribution in [0.1, 0.15) is 23.2 Å². The zero-order chi connectivity index (χ0) is 17.8. The van der Waals surface area contributed by atoms with Gasteiger partial charge >= 0.3 is 0 Å². The average Bonchev–Trinajstić information content (AvgIpc) is 3.20. The van der Waals surface area contributed by atoms with Crippen LogP contribution in [-0.2, 0) is 4.74 Å². The molecule has 2 aliphatic rings. The van der Waals surface area contributed by atoms with Gasteiger partial charge in [-0.1, -0.05) is 0 Å². The van der Waals surface area contributed by atoms with Gasteiger partial charge < -0.3 is 24.8 Å². The summed E-state index contributed by atoms with van der Waals surface area (Å²) < 4.78 is 16.5. The van der Waals surface area contributed by atoms with Crippen LogP contribution in [0.25, 0.3) is 0 Å². The van der Waals surface area contributed by atoms with Gasteiger partial charge in [0, 0.05) is 37.3 Å². The smallest absolute Gasteiger partial charge is 0.254 e. The summed E-state index contributed by atoms with van der Waals surface area (Å²) in [5.41, 5.74) is 1.19. The molecule has 2 N–H and O–H groups in total. The van der Waals surface area contributed by atoms with Crippen LogP contribution in [-0.4, -0.2) is 48.3 Å². The molecule has 8 heteroatoms. The molecule has 1 fully saturated rings. The summed E-state index contributed by atoms with van der Waals surface area (Å²) in [5.74, 6) is 1.61. The fourth-order valence-corrected chi connectivity index (χ4v) is 2.87. The highest BCUT2D eigenvalue weighted by Crippen LogP contribution is 2.33. The number of hydrogen-bond donors (Lipinski definition) is 2. The highest BCUT2D eigenvalue weighted by Gasteiger charge is 2.17. The lowest BCUT2D eigenvalue weighted by atomic mass is 10.2. The zero-order valence-electron chi connectivity index (χ0n) is 14.2. The van der Waals surface area contributed by atoms with Crippen molar-refractivity contribution in [3.8, 4) is 11.5 Å². The van der Waals surface area contributed by atoms with Gasteiger partial charge in [-0.2, -0.15) is 0 Å². The monoisotopic (exact) mass is 356 g/mol. The Morgan fingerprint density at radius 1 is 1.12 bits per heavy atom. The van der Waals surface area contributed by atoms with Crippen molar-refractivity contribution in [1.29, 1.82) is 0 Å². The molecular formula is C18H20N4O4. The van der Waals surface area contributed by atoms with Crippen LogP contribution in [0.4, 0.5) is 11.6 Å². The molecule has 0 spiro atoms. The first-order valence-electron chi connectivity index (χ1n) is 8.66. The number of hydrogen-bond acceptors (Lipinski definition) is 7. The van der Waals surface area contributed by atoms with Crippen LogP contribution < -0.4 is 20.1 Å². The van der Waals surface area contributed by atoms with E-state index < -0.39 is 0 Å². The summed E-state index contributed by atoms with van der Waals surface area (Å²) in [4.78, 5) is 20.5. The van der Waals surface area contributed by atoms with Crippen molar-refractivity contribution in [2.24, 2.45) is 0 Å². The van der Waals surface area contributed by atoms with Crippen LogP contribution in [0.3, 0.4) is 0 Å². The van der Waals surface area contributed by atoms with Gasteiger partial charge in [-0.05, 0) is 25.0 Å². The zero-order valence-corrected chi connectivity index (χ0v) is 14.2. The third kappa shape index (κ3) is 3.85. The highest BCUT2D eigenvalue weighted by atomic mass is 16.6. The van der Waals surface area contributed by atoms with Crippen LogP contribution in [0, 0.1) is 0 Å². The number of rotatable bonds is 5. The summed E-state index contributed by atoms with van der Waals surface area (Å²) in [6, 6.07) is 5.53. The van der Waals surface area contributed by atoms with Crippen molar-refractivity contribution in [1.82, 2.24) is 15.3 Å². The van der Waals surface area contributed by atoms with Crippen molar-refractivity contribution < 1.29 is 19.0 Å². The van der Waals surface area contributed by atoms with Crippen molar-refractivity contribution in [2.45, 2.75) is 18.9 Å². The number of anilines is 2. The first-order valence-corrected chi connectivity index (χ1v) is 8.66.